The molecule has 0 fully saturated rings. The number of hydrogen-bond donors (Lipinski definition) is 2. The summed E-state index contributed by atoms with van der Waals surface area (Å²) in [7, 11) is -3.38. The lowest BCUT2D eigenvalue weighted by atomic mass is 10.1. The number of benzene rings is 1. The van der Waals surface area contributed by atoms with E-state index in [0.29, 0.717) is 11.3 Å². The summed E-state index contributed by atoms with van der Waals surface area (Å²) >= 11 is 0. The number of carbonyl (C=O) groups is 1. The molecule has 0 amide bonds. The van der Waals surface area contributed by atoms with Gasteiger partial charge in [0.25, 0.3) is 5.89 Å². The molecule has 0 aliphatic carbocycles. The molecule has 0 saturated carbocycles. The largest absolute Gasteiger partial charge is 0.481 e. The van der Waals surface area contributed by atoms with Crippen molar-refractivity contribution >= 4 is 21.6 Å². The molecule has 0 aliphatic heterocycles. The molecule has 0 bridgehead atoms. The first-order valence-electron chi connectivity index (χ1n) is 8.20. The van der Waals surface area contributed by atoms with Crippen molar-refractivity contribution in [2.24, 2.45) is 0 Å². The van der Waals surface area contributed by atoms with E-state index in [-0.39, 0.29) is 32.5 Å². The zero-order valence-electron chi connectivity index (χ0n) is 15.0. The summed E-state index contributed by atoms with van der Waals surface area (Å²) in [6, 6.07) is 6.23. The normalized spacial score (nSPS) is 11.7. The monoisotopic (exact) mass is 409 g/mol. The molecular formula is C17H23N5O5S. The molecule has 1 aromatic carbocycles. The summed E-state index contributed by atoms with van der Waals surface area (Å²) in [5.74, 6) is -1.22. The average molecular weight is 409 g/mol. The summed E-state index contributed by atoms with van der Waals surface area (Å²) in [6.07, 6.45) is 1.01. The Balaban J connectivity index is 0.00000300. The van der Waals surface area contributed by atoms with Crippen LogP contribution in [-0.2, 0) is 21.1 Å². The predicted octanol–water partition coefficient (Wildman–Crippen LogP) is 2.32. The van der Waals surface area contributed by atoms with Crippen LogP contribution >= 0.6 is 0 Å². The van der Waals surface area contributed by atoms with E-state index in [2.05, 4.69) is 20.2 Å². The third-order valence-corrected chi connectivity index (χ3v) is 6.04. The third kappa shape index (κ3) is 3.83. The van der Waals surface area contributed by atoms with Crippen LogP contribution < -0.4 is 5.73 Å². The Kier molecular flexibility index (Phi) is 5.10. The first kappa shape index (κ1) is 19.4. The van der Waals surface area contributed by atoms with Gasteiger partial charge in [0.15, 0.2) is 21.3 Å². The third-order valence-electron chi connectivity index (χ3n) is 3.87. The van der Waals surface area contributed by atoms with Gasteiger partial charge in [-0.2, -0.15) is 0 Å². The van der Waals surface area contributed by atoms with Gasteiger partial charge in [-0.05, 0) is 26.0 Å². The number of rotatable bonds is 6. The van der Waals surface area contributed by atoms with Crippen molar-refractivity contribution in [3.8, 4) is 22.8 Å². The van der Waals surface area contributed by atoms with Crippen molar-refractivity contribution in [1.82, 2.24) is 20.2 Å². The van der Waals surface area contributed by atoms with Crippen molar-refractivity contribution in [1.29, 1.82) is 0 Å². The lowest BCUT2D eigenvalue weighted by Crippen LogP contribution is -2.13. The Hall–Kier alpha value is -3.34. The van der Waals surface area contributed by atoms with Gasteiger partial charge in [0, 0.05) is 9.84 Å². The van der Waals surface area contributed by atoms with E-state index in [9.17, 15) is 13.2 Å². The molecule has 0 aliphatic rings. The molecule has 3 N–H and O–H groups in total. The van der Waals surface area contributed by atoms with Gasteiger partial charge in [0.05, 0.1) is 22.0 Å². The standard InChI is InChI=1S/C17H17N5O5S.3H2/c1-9(2)28(25,26)11-5-3-10(4-6-11)12-8-19-16(18)15(20-12)17-22-21-13(27-17)7-14(23)24;;;/h3-6,8-9H,7H2,1-2H3,(H2,18,19)(H,23,24);3*1H. The SMILES string of the molecule is CC(C)S(=O)(=O)c1ccc(-c2cnc(N)c(-c3nnc(CC(=O)O)o3)n2)cc1.[HH].[HH].[HH]. The number of aliphatic carboxylic acids is 1. The molecule has 0 atom stereocenters. The predicted molar refractivity (Wildman–Crippen MR) is 105 cm³/mol. The highest BCUT2D eigenvalue weighted by molar-refractivity contribution is 7.92. The summed E-state index contributed by atoms with van der Waals surface area (Å²) in [5.41, 5.74) is 6.96. The summed E-state index contributed by atoms with van der Waals surface area (Å²) in [4.78, 5) is 19.4. The summed E-state index contributed by atoms with van der Waals surface area (Å²) < 4.78 is 29.7. The van der Waals surface area contributed by atoms with Gasteiger partial charge in [0.2, 0.25) is 5.89 Å². The molecule has 10 nitrogen and oxygen atoms in total. The number of nitrogen functional groups attached to an aromatic ring is 1. The van der Waals surface area contributed by atoms with Gasteiger partial charge in [-0.3, -0.25) is 4.79 Å². The number of aromatic nitrogens is 4. The molecule has 2 heterocycles. The topological polar surface area (TPSA) is 162 Å². The van der Waals surface area contributed by atoms with E-state index in [1.807, 2.05) is 0 Å². The highest BCUT2D eigenvalue weighted by Gasteiger charge is 2.20. The number of sulfone groups is 1. The zero-order chi connectivity index (χ0) is 20.5. The first-order valence-corrected chi connectivity index (χ1v) is 9.74. The Labute approximate surface area is 164 Å². The Morgan fingerprint density at radius 1 is 1.25 bits per heavy atom. The number of nitrogens with zero attached hydrogens (tertiary/aromatic N) is 4. The van der Waals surface area contributed by atoms with Crippen LogP contribution in [0.4, 0.5) is 5.82 Å². The quantitative estimate of drug-likeness (QED) is 0.617. The van der Waals surface area contributed by atoms with E-state index in [1.165, 1.54) is 18.3 Å². The molecule has 0 spiro atoms. The van der Waals surface area contributed by atoms with Crippen LogP contribution in [0.2, 0.25) is 0 Å². The number of anilines is 1. The van der Waals surface area contributed by atoms with Crippen molar-refractivity contribution in [3.63, 3.8) is 0 Å². The van der Waals surface area contributed by atoms with E-state index in [4.69, 9.17) is 15.3 Å². The smallest absolute Gasteiger partial charge is 0.312 e. The van der Waals surface area contributed by atoms with Gasteiger partial charge < -0.3 is 15.3 Å². The van der Waals surface area contributed by atoms with Crippen molar-refractivity contribution in [2.45, 2.75) is 30.4 Å². The van der Waals surface area contributed by atoms with Crippen LogP contribution in [0.15, 0.2) is 39.8 Å². The molecule has 28 heavy (non-hydrogen) atoms. The van der Waals surface area contributed by atoms with Gasteiger partial charge >= 0.3 is 5.97 Å². The fraction of sp³-hybridized carbons (Fsp3) is 0.235. The molecule has 0 saturated heterocycles. The maximum Gasteiger partial charge on any atom is 0.312 e. The Morgan fingerprint density at radius 2 is 1.93 bits per heavy atom. The highest BCUT2D eigenvalue weighted by Crippen LogP contribution is 2.26. The number of carboxylic acid groups (broad SMARTS) is 1. The average Bonchev–Trinajstić information content (AvgIpc) is 3.09. The minimum Gasteiger partial charge on any atom is -0.481 e. The van der Waals surface area contributed by atoms with Gasteiger partial charge in [-0.1, -0.05) is 12.1 Å². The van der Waals surface area contributed by atoms with E-state index in [1.54, 1.807) is 26.0 Å². The van der Waals surface area contributed by atoms with Crippen LogP contribution in [0, 0.1) is 0 Å². The molecule has 152 valence electrons. The van der Waals surface area contributed by atoms with Crippen LogP contribution in [0.3, 0.4) is 0 Å². The lowest BCUT2D eigenvalue weighted by molar-refractivity contribution is -0.136. The maximum absolute atomic E-state index is 12.2. The van der Waals surface area contributed by atoms with E-state index in [0.717, 1.165) is 0 Å². The van der Waals surface area contributed by atoms with Crippen molar-refractivity contribution < 1.29 is 27.0 Å². The molecule has 11 heteroatoms. The zero-order valence-corrected chi connectivity index (χ0v) is 15.8. The molecule has 0 unspecified atom stereocenters. The molecule has 0 radical (unpaired) electrons. The highest BCUT2D eigenvalue weighted by atomic mass is 32.2. The van der Waals surface area contributed by atoms with Gasteiger partial charge in [-0.15, -0.1) is 10.2 Å². The lowest BCUT2D eigenvalue weighted by Gasteiger charge is -2.09. The Bertz CT molecular complexity index is 1140. The molecule has 3 rings (SSSR count). The maximum atomic E-state index is 12.2. The van der Waals surface area contributed by atoms with Crippen LogP contribution in [-0.4, -0.2) is 44.9 Å². The van der Waals surface area contributed by atoms with Crippen molar-refractivity contribution in [3.05, 3.63) is 36.4 Å². The second-order valence-electron chi connectivity index (χ2n) is 6.18. The van der Waals surface area contributed by atoms with Crippen LogP contribution in [0.25, 0.3) is 22.8 Å². The number of nitrogens with two attached hydrogens (primary N) is 1. The van der Waals surface area contributed by atoms with Gasteiger partial charge in [0.1, 0.15) is 6.42 Å². The second kappa shape index (κ2) is 7.35. The fourth-order valence-electron chi connectivity index (χ4n) is 2.33. The van der Waals surface area contributed by atoms with Gasteiger partial charge in [-0.25, -0.2) is 18.4 Å². The van der Waals surface area contributed by atoms with E-state index < -0.39 is 27.5 Å². The first-order chi connectivity index (χ1) is 13.2. The second-order valence-corrected chi connectivity index (χ2v) is 8.68. The minimum absolute atomic E-state index is 0. The number of hydrogen-bond acceptors (Lipinski definition) is 9. The van der Waals surface area contributed by atoms with Crippen LogP contribution in [0.5, 0.6) is 0 Å². The van der Waals surface area contributed by atoms with E-state index >= 15 is 0 Å². The molecular weight excluding hydrogens is 386 g/mol. The van der Waals surface area contributed by atoms with Crippen LogP contribution in [0.1, 0.15) is 24.0 Å². The Morgan fingerprint density at radius 3 is 2.54 bits per heavy atom. The molecule has 3 aromatic rings. The minimum atomic E-state index is -3.38. The summed E-state index contributed by atoms with van der Waals surface area (Å²) in [5, 5.41) is 15.7. The fourth-order valence-corrected chi connectivity index (χ4v) is 3.39. The number of carboxylic acids is 1. The van der Waals surface area contributed by atoms with Crippen molar-refractivity contribution in [2.75, 3.05) is 5.73 Å². The summed E-state index contributed by atoms with van der Waals surface area (Å²) in [6.45, 7) is 3.23. The molecule has 2 aromatic heterocycles.